The molecular formula is C18H18Cl2N2O3S. The van der Waals surface area contributed by atoms with E-state index in [1.165, 1.54) is 24.8 Å². The number of hydrogen-bond donors (Lipinski definition) is 1. The number of ether oxygens (including phenoxy) is 1. The molecule has 1 aromatic carbocycles. The first-order chi connectivity index (χ1) is 12.3. The number of carbonyl (C=O) groups excluding carboxylic acids is 2. The molecule has 0 saturated heterocycles. The largest absolute Gasteiger partial charge is 0.453 e. The molecule has 2 aromatic rings. The van der Waals surface area contributed by atoms with E-state index in [1.807, 2.05) is 31.2 Å². The molecule has 1 N–H and O–H groups in total. The number of carbonyl (C=O) groups is 2. The number of esters is 1. The maximum absolute atomic E-state index is 12.1. The third kappa shape index (κ3) is 6.52. The van der Waals surface area contributed by atoms with Crippen LogP contribution in [0.3, 0.4) is 0 Å². The van der Waals surface area contributed by atoms with Crippen molar-refractivity contribution in [2.75, 3.05) is 11.1 Å². The summed E-state index contributed by atoms with van der Waals surface area (Å²) in [5.74, 6) is -0.219. The van der Waals surface area contributed by atoms with E-state index in [2.05, 4.69) is 10.3 Å². The number of pyridine rings is 1. The first-order valence-corrected chi connectivity index (χ1v) is 9.60. The van der Waals surface area contributed by atoms with Crippen LogP contribution in [0.25, 0.3) is 0 Å². The second kappa shape index (κ2) is 9.80. The van der Waals surface area contributed by atoms with Crippen LogP contribution in [-0.2, 0) is 14.3 Å². The summed E-state index contributed by atoms with van der Waals surface area (Å²) in [6, 6.07) is 9.51. The van der Waals surface area contributed by atoms with Crippen molar-refractivity contribution in [2.45, 2.75) is 31.3 Å². The molecule has 0 fully saturated rings. The van der Waals surface area contributed by atoms with Gasteiger partial charge in [0.2, 0.25) is 0 Å². The van der Waals surface area contributed by atoms with E-state index in [1.54, 1.807) is 11.8 Å². The standard InChI is InChI=1S/C18H18Cl2N2O3S/c1-11-3-5-14(6-4-11)26-8-7-16(23)25-12(2)18(24)22-17-15(20)9-13(19)10-21-17/h3-6,9-10,12H,7-8H2,1-2H3,(H,21,22,24)/t12-/m1/s1. The van der Waals surface area contributed by atoms with Crippen LogP contribution < -0.4 is 5.32 Å². The molecular weight excluding hydrogens is 395 g/mol. The topological polar surface area (TPSA) is 68.3 Å². The number of thioether (sulfide) groups is 1. The Morgan fingerprint density at radius 3 is 2.62 bits per heavy atom. The number of rotatable bonds is 7. The SMILES string of the molecule is Cc1ccc(SCCC(=O)O[C@H](C)C(=O)Nc2ncc(Cl)cc2Cl)cc1. The fourth-order valence-corrected chi connectivity index (χ4v) is 3.18. The number of benzene rings is 1. The molecule has 5 nitrogen and oxygen atoms in total. The average Bonchev–Trinajstić information content (AvgIpc) is 2.59. The Hall–Kier alpha value is -1.76. The lowest BCUT2D eigenvalue weighted by Crippen LogP contribution is -2.30. The Morgan fingerprint density at radius 2 is 1.96 bits per heavy atom. The summed E-state index contributed by atoms with van der Waals surface area (Å²) < 4.78 is 5.14. The molecule has 1 amide bonds. The first kappa shape index (κ1) is 20.6. The van der Waals surface area contributed by atoms with E-state index < -0.39 is 18.0 Å². The van der Waals surface area contributed by atoms with Gasteiger partial charge in [-0.05, 0) is 32.0 Å². The summed E-state index contributed by atoms with van der Waals surface area (Å²) in [5.41, 5.74) is 1.18. The van der Waals surface area contributed by atoms with Crippen molar-refractivity contribution in [3.63, 3.8) is 0 Å². The normalized spacial score (nSPS) is 11.7. The zero-order valence-corrected chi connectivity index (χ0v) is 16.6. The zero-order valence-electron chi connectivity index (χ0n) is 14.3. The fourth-order valence-electron chi connectivity index (χ4n) is 1.92. The second-order valence-electron chi connectivity index (χ2n) is 5.52. The maximum atomic E-state index is 12.1. The van der Waals surface area contributed by atoms with Crippen LogP contribution in [0.2, 0.25) is 10.0 Å². The van der Waals surface area contributed by atoms with Gasteiger partial charge in [-0.1, -0.05) is 40.9 Å². The van der Waals surface area contributed by atoms with E-state index in [-0.39, 0.29) is 17.3 Å². The maximum Gasteiger partial charge on any atom is 0.307 e. The van der Waals surface area contributed by atoms with Gasteiger partial charge in [0.15, 0.2) is 11.9 Å². The van der Waals surface area contributed by atoms with Crippen molar-refractivity contribution in [1.82, 2.24) is 4.98 Å². The Kier molecular flexibility index (Phi) is 7.75. The van der Waals surface area contributed by atoms with Crippen LogP contribution in [0.1, 0.15) is 18.9 Å². The quantitative estimate of drug-likeness (QED) is 0.524. The molecule has 0 aliphatic heterocycles. The Balaban J connectivity index is 1.76. The van der Waals surface area contributed by atoms with Crippen LogP contribution in [0.15, 0.2) is 41.4 Å². The number of amides is 1. The van der Waals surface area contributed by atoms with E-state index in [0.717, 1.165) is 4.90 Å². The van der Waals surface area contributed by atoms with E-state index in [4.69, 9.17) is 27.9 Å². The molecule has 138 valence electrons. The number of halogens is 2. The number of aromatic nitrogens is 1. The number of nitrogens with zero attached hydrogens (tertiary/aromatic N) is 1. The van der Waals surface area contributed by atoms with Crippen molar-refractivity contribution >= 4 is 52.7 Å². The summed E-state index contributed by atoms with van der Waals surface area (Å²) in [6.07, 6.45) is 0.610. The lowest BCUT2D eigenvalue weighted by molar-refractivity contribution is -0.152. The van der Waals surface area contributed by atoms with Crippen LogP contribution in [0.5, 0.6) is 0 Å². The highest BCUT2D eigenvalue weighted by Gasteiger charge is 2.19. The molecule has 0 bridgehead atoms. The van der Waals surface area contributed by atoms with Crippen molar-refractivity contribution in [3.8, 4) is 0 Å². The van der Waals surface area contributed by atoms with E-state index in [9.17, 15) is 9.59 Å². The average molecular weight is 413 g/mol. The van der Waals surface area contributed by atoms with Crippen LogP contribution >= 0.6 is 35.0 Å². The van der Waals surface area contributed by atoms with Gasteiger partial charge in [-0.15, -0.1) is 11.8 Å². The summed E-state index contributed by atoms with van der Waals surface area (Å²) in [4.78, 5) is 29.0. The minimum Gasteiger partial charge on any atom is -0.453 e. The van der Waals surface area contributed by atoms with E-state index in [0.29, 0.717) is 10.8 Å². The Bertz CT molecular complexity index is 785. The van der Waals surface area contributed by atoms with Crippen molar-refractivity contribution in [1.29, 1.82) is 0 Å². The second-order valence-corrected chi connectivity index (χ2v) is 7.53. The van der Waals surface area contributed by atoms with Crippen molar-refractivity contribution < 1.29 is 14.3 Å². The lowest BCUT2D eigenvalue weighted by Gasteiger charge is -2.13. The van der Waals surface area contributed by atoms with Gasteiger partial charge < -0.3 is 10.1 Å². The third-order valence-electron chi connectivity index (χ3n) is 3.32. The summed E-state index contributed by atoms with van der Waals surface area (Å²) >= 11 is 13.3. The lowest BCUT2D eigenvalue weighted by atomic mass is 10.2. The molecule has 1 heterocycles. The molecule has 1 aromatic heterocycles. The molecule has 26 heavy (non-hydrogen) atoms. The summed E-state index contributed by atoms with van der Waals surface area (Å²) in [7, 11) is 0. The smallest absolute Gasteiger partial charge is 0.307 e. The van der Waals surface area contributed by atoms with Crippen molar-refractivity contribution in [3.05, 3.63) is 52.1 Å². The summed E-state index contributed by atoms with van der Waals surface area (Å²) in [5, 5.41) is 3.07. The van der Waals surface area contributed by atoms with Gasteiger partial charge in [0.1, 0.15) is 0 Å². The molecule has 0 aliphatic carbocycles. The number of hydrogen-bond acceptors (Lipinski definition) is 5. The number of aryl methyl sites for hydroxylation is 1. The Morgan fingerprint density at radius 1 is 1.27 bits per heavy atom. The Labute approximate surface area is 166 Å². The molecule has 0 unspecified atom stereocenters. The van der Waals surface area contributed by atoms with Crippen LogP contribution in [0.4, 0.5) is 5.82 Å². The third-order valence-corrected chi connectivity index (χ3v) is 4.83. The van der Waals surface area contributed by atoms with Gasteiger partial charge in [0.05, 0.1) is 16.5 Å². The van der Waals surface area contributed by atoms with Gasteiger partial charge in [-0.25, -0.2) is 4.98 Å². The van der Waals surface area contributed by atoms with Crippen molar-refractivity contribution in [2.24, 2.45) is 0 Å². The number of anilines is 1. The minimum atomic E-state index is -0.958. The molecule has 1 atom stereocenters. The predicted octanol–water partition coefficient (Wildman–Crippen LogP) is 4.75. The molecule has 0 radical (unpaired) electrons. The molecule has 2 rings (SSSR count). The van der Waals surface area contributed by atoms with Gasteiger partial charge in [-0.3, -0.25) is 9.59 Å². The summed E-state index contributed by atoms with van der Waals surface area (Å²) in [6.45, 7) is 3.51. The molecule has 0 aliphatic rings. The highest BCUT2D eigenvalue weighted by molar-refractivity contribution is 7.99. The predicted molar refractivity (Wildman–Crippen MR) is 105 cm³/mol. The highest BCUT2D eigenvalue weighted by atomic mass is 35.5. The molecule has 0 spiro atoms. The molecule has 8 heteroatoms. The van der Waals surface area contributed by atoms with Gasteiger partial charge in [0.25, 0.3) is 5.91 Å². The fraction of sp³-hybridized carbons (Fsp3) is 0.278. The van der Waals surface area contributed by atoms with Gasteiger partial charge in [-0.2, -0.15) is 0 Å². The molecule has 0 saturated carbocycles. The van der Waals surface area contributed by atoms with E-state index >= 15 is 0 Å². The zero-order chi connectivity index (χ0) is 19.1. The van der Waals surface area contributed by atoms with Crippen LogP contribution in [-0.4, -0.2) is 28.7 Å². The first-order valence-electron chi connectivity index (χ1n) is 7.86. The highest BCUT2D eigenvalue weighted by Crippen LogP contribution is 2.23. The monoisotopic (exact) mass is 412 g/mol. The number of nitrogens with one attached hydrogen (secondary N) is 1. The minimum absolute atomic E-state index is 0.166. The van der Waals surface area contributed by atoms with Crippen LogP contribution in [0, 0.1) is 6.92 Å². The van der Waals surface area contributed by atoms with Gasteiger partial charge >= 0.3 is 5.97 Å². The van der Waals surface area contributed by atoms with Gasteiger partial charge in [0, 0.05) is 16.8 Å².